The Balaban J connectivity index is 1.29. The van der Waals surface area contributed by atoms with Crippen LogP contribution in [-0.2, 0) is 11.2 Å². The van der Waals surface area contributed by atoms with Gasteiger partial charge in [0.1, 0.15) is 10.8 Å². The number of amides is 3. The van der Waals surface area contributed by atoms with Gasteiger partial charge in [-0.1, -0.05) is 35.1 Å². The standard InChI is InChI=1S/C22H19ClN4O4S/c1-12-9-14(10-13(2)19(12)23)31-11-17(28)24-22-26-25-18(32-22)7-8-27-20(29)15-5-3-4-6-16(15)21(27)30/h3-6,9-10H,7-8,11H2,1-2H3,(H,24,26,28). The van der Waals surface area contributed by atoms with Crippen LogP contribution in [0, 0.1) is 13.8 Å². The third kappa shape index (κ3) is 4.49. The van der Waals surface area contributed by atoms with E-state index >= 15 is 0 Å². The Morgan fingerprint density at radius 3 is 2.34 bits per heavy atom. The molecule has 0 radical (unpaired) electrons. The van der Waals surface area contributed by atoms with Crippen LogP contribution in [0.1, 0.15) is 36.9 Å². The van der Waals surface area contributed by atoms with Gasteiger partial charge in [0.15, 0.2) is 6.61 Å². The molecule has 1 N–H and O–H groups in total. The minimum Gasteiger partial charge on any atom is -0.484 e. The van der Waals surface area contributed by atoms with Gasteiger partial charge in [-0.2, -0.15) is 0 Å². The number of imide groups is 1. The van der Waals surface area contributed by atoms with Crippen LogP contribution in [0.2, 0.25) is 5.02 Å². The van der Waals surface area contributed by atoms with Gasteiger partial charge < -0.3 is 4.74 Å². The number of aromatic nitrogens is 2. The smallest absolute Gasteiger partial charge is 0.264 e. The first-order chi connectivity index (χ1) is 15.3. The van der Waals surface area contributed by atoms with E-state index in [1.54, 1.807) is 36.4 Å². The molecule has 0 aliphatic carbocycles. The van der Waals surface area contributed by atoms with Crippen molar-refractivity contribution in [2.24, 2.45) is 0 Å². The lowest BCUT2D eigenvalue weighted by atomic mass is 10.1. The second-order valence-electron chi connectivity index (χ2n) is 7.27. The van der Waals surface area contributed by atoms with Crippen LogP contribution in [0.5, 0.6) is 5.75 Å². The van der Waals surface area contributed by atoms with Crippen LogP contribution in [0.4, 0.5) is 5.13 Å². The van der Waals surface area contributed by atoms with Crippen molar-refractivity contribution in [3.05, 3.63) is 68.7 Å². The number of anilines is 1. The van der Waals surface area contributed by atoms with Crippen molar-refractivity contribution in [2.75, 3.05) is 18.5 Å². The molecule has 0 unspecified atom stereocenters. The monoisotopic (exact) mass is 470 g/mol. The first-order valence-corrected chi connectivity index (χ1v) is 11.0. The van der Waals surface area contributed by atoms with Crippen LogP contribution in [0.3, 0.4) is 0 Å². The summed E-state index contributed by atoms with van der Waals surface area (Å²) in [7, 11) is 0. The largest absolute Gasteiger partial charge is 0.484 e. The fraction of sp³-hybridized carbons (Fsp3) is 0.227. The number of benzene rings is 2. The fourth-order valence-electron chi connectivity index (χ4n) is 3.35. The molecule has 0 saturated heterocycles. The van der Waals surface area contributed by atoms with Gasteiger partial charge in [0, 0.05) is 18.0 Å². The summed E-state index contributed by atoms with van der Waals surface area (Å²) >= 11 is 7.32. The summed E-state index contributed by atoms with van der Waals surface area (Å²) in [5, 5.41) is 12.2. The zero-order chi connectivity index (χ0) is 22.8. The van der Waals surface area contributed by atoms with Gasteiger partial charge in [0.05, 0.1) is 11.1 Å². The second kappa shape index (κ2) is 9.05. The minimum atomic E-state index is -0.377. The number of nitrogens with zero attached hydrogens (tertiary/aromatic N) is 3. The van der Waals surface area contributed by atoms with Gasteiger partial charge >= 0.3 is 0 Å². The molecule has 4 rings (SSSR count). The Kier molecular flexibility index (Phi) is 6.20. The maximum absolute atomic E-state index is 12.4. The van der Waals surface area contributed by atoms with Crippen molar-refractivity contribution in [3.63, 3.8) is 0 Å². The normalized spacial score (nSPS) is 12.8. The summed E-state index contributed by atoms with van der Waals surface area (Å²) in [6.45, 7) is 3.73. The number of halogens is 1. The highest BCUT2D eigenvalue weighted by molar-refractivity contribution is 7.15. The molecule has 32 heavy (non-hydrogen) atoms. The summed E-state index contributed by atoms with van der Waals surface area (Å²) in [6, 6.07) is 10.3. The van der Waals surface area contributed by atoms with E-state index in [-0.39, 0.29) is 30.9 Å². The number of rotatable bonds is 7. The predicted octanol–water partition coefficient (Wildman–Crippen LogP) is 3.66. The Bertz CT molecular complexity index is 1170. The molecule has 1 aliphatic rings. The molecule has 3 aromatic rings. The summed E-state index contributed by atoms with van der Waals surface area (Å²) in [4.78, 5) is 38.2. The minimum absolute atomic E-state index is 0.188. The molecule has 3 amide bonds. The predicted molar refractivity (Wildman–Crippen MR) is 120 cm³/mol. The summed E-state index contributed by atoms with van der Waals surface area (Å²) in [5.41, 5.74) is 2.56. The average molecular weight is 471 g/mol. The summed E-state index contributed by atoms with van der Waals surface area (Å²) in [6.07, 6.45) is 0.346. The highest BCUT2D eigenvalue weighted by Gasteiger charge is 2.34. The van der Waals surface area contributed by atoms with Crippen molar-refractivity contribution >= 4 is 45.8 Å². The van der Waals surface area contributed by atoms with E-state index < -0.39 is 0 Å². The Labute approximate surface area is 193 Å². The second-order valence-corrected chi connectivity index (χ2v) is 8.71. The van der Waals surface area contributed by atoms with E-state index in [0.717, 1.165) is 11.1 Å². The lowest BCUT2D eigenvalue weighted by Crippen LogP contribution is -2.31. The SMILES string of the molecule is Cc1cc(OCC(=O)Nc2nnc(CCN3C(=O)c4ccccc4C3=O)s2)cc(C)c1Cl. The molecule has 164 valence electrons. The van der Waals surface area contributed by atoms with Crippen molar-refractivity contribution < 1.29 is 19.1 Å². The molecule has 0 saturated carbocycles. The van der Waals surface area contributed by atoms with Gasteiger partial charge in [-0.3, -0.25) is 24.6 Å². The molecule has 0 fully saturated rings. The van der Waals surface area contributed by atoms with Gasteiger partial charge in [-0.15, -0.1) is 10.2 Å². The summed E-state index contributed by atoms with van der Waals surface area (Å²) in [5.74, 6) is -0.446. The van der Waals surface area contributed by atoms with Crippen LogP contribution < -0.4 is 10.1 Å². The number of fused-ring (bicyclic) bond motifs is 1. The number of ether oxygens (including phenoxy) is 1. The maximum atomic E-state index is 12.4. The first-order valence-electron chi connectivity index (χ1n) is 9.80. The molecule has 2 aromatic carbocycles. The van der Waals surface area contributed by atoms with Gasteiger partial charge in [-0.25, -0.2) is 0 Å². The Morgan fingerprint density at radius 1 is 1.09 bits per heavy atom. The number of carbonyl (C=O) groups is 3. The number of carbonyl (C=O) groups excluding carboxylic acids is 3. The van der Waals surface area contributed by atoms with E-state index in [4.69, 9.17) is 16.3 Å². The molecule has 1 aromatic heterocycles. The lowest BCUT2D eigenvalue weighted by molar-refractivity contribution is -0.118. The van der Waals surface area contributed by atoms with Gasteiger partial charge in [0.25, 0.3) is 17.7 Å². The van der Waals surface area contributed by atoms with E-state index in [2.05, 4.69) is 15.5 Å². The topological polar surface area (TPSA) is 101 Å². The molecule has 0 spiro atoms. The Morgan fingerprint density at radius 2 is 1.72 bits per heavy atom. The van der Waals surface area contributed by atoms with Crippen LogP contribution in [0.15, 0.2) is 36.4 Å². The zero-order valence-corrected chi connectivity index (χ0v) is 18.9. The first kappa shape index (κ1) is 21.9. The molecule has 10 heteroatoms. The number of hydrogen-bond donors (Lipinski definition) is 1. The van der Waals surface area contributed by atoms with Crippen LogP contribution in [-0.4, -0.2) is 46.0 Å². The molecule has 1 aliphatic heterocycles. The number of nitrogens with one attached hydrogen (secondary N) is 1. The molecular formula is C22H19ClN4O4S. The quantitative estimate of drug-likeness (QED) is 0.529. The maximum Gasteiger partial charge on any atom is 0.264 e. The van der Waals surface area contributed by atoms with Gasteiger partial charge in [-0.05, 0) is 49.2 Å². The lowest BCUT2D eigenvalue weighted by Gasteiger charge is -2.12. The van der Waals surface area contributed by atoms with E-state index in [9.17, 15) is 14.4 Å². The highest BCUT2D eigenvalue weighted by atomic mass is 35.5. The third-order valence-electron chi connectivity index (χ3n) is 4.92. The van der Waals surface area contributed by atoms with E-state index in [1.807, 2.05) is 13.8 Å². The molecule has 0 atom stereocenters. The molecule has 8 nitrogen and oxygen atoms in total. The van der Waals surface area contributed by atoms with Crippen LogP contribution in [0.25, 0.3) is 0 Å². The van der Waals surface area contributed by atoms with Crippen molar-refractivity contribution in [1.82, 2.24) is 15.1 Å². The van der Waals surface area contributed by atoms with Crippen molar-refractivity contribution in [1.29, 1.82) is 0 Å². The molecule has 0 bridgehead atoms. The van der Waals surface area contributed by atoms with Gasteiger partial charge in [0.2, 0.25) is 5.13 Å². The van der Waals surface area contributed by atoms with Crippen LogP contribution >= 0.6 is 22.9 Å². The van der Waals surface area contributed by atoms with E-state index in [1.165, 1.54) is 16.2 Å². The molecular weight excluding hydrogens is 452 g/mol. The van der Waals surface area contributed by atoms with Crippen molar-refractivity contribution in [3.8, 4) is 5.75 Å². The highest BCUT2D eigenvalue weighted by Crippen LogP contribution is 2.26. The zero-order valence-electron chi connectivity index (χ0n) is 17.3. The third-order valence-corrected chi connectivity index (χ3v) is 6.42. The number of hydrogen-bond acceptors (Lipinski definition) is 7. The fourth-order valence-corrected chi connectivity index (χ4v) is 4.20. The average Bonchev–Trinajstić information content (AvgIpc) is 3.31. The summed E-state index contributed by atoms with van der Waals surface area (Å²) < 4.78 is 5.54. The number of aryl methyl sites for hydroxylation is 2. The molecule has 2 heterocycles. The Hall–Kier alpha value is -3.30. The van der Waals surface area contributed by atoms with Crippen molar-refractivity contribution in [2.45, 2.75) is 20.3 Å². The van der Waals surface area contributed by atoms with E-state index in [0.29, 0.717) is 38.5 Å².